The monoisotopic (exact) mass is 230 g/mol. The lowest BCUT2D eigenvalue weighted by Gasteiger charge is -2.35. The van der Waals surface area contributed by atoms with Gasteiger partial charge in [-0.05, 0) is 19.8 Å². The van der Waals surface area contributed by atoms with Crippen LogP contribution in [-0.2, 0) is 14.3 Å². The number of carbonyl (C=O) groups is 2. The molecule has 0 radical (unpaired) electrons. The van der Waals surface area contributed by atoms with Crippen molar-refractivity contribution in [2.45, 2.75) is 25.3 Å². The van der Waals surface area contributed by atoms with E-state index in [9.17, 15) is 9.59 Å². The second kappa shape index (κ2) is 5.27. The predicted octanol–water partition coefficient (Wildman–Crippen LogP) is -0.573. The molecule has 16 heavy (non-hydrogen) atoms. The van der Waals surface area contributed by atoms with E-state index in [2.05, 4.69) is 0 Å². The molecule has 1 rings (SSSR count). The van der Waals surface area contributed by atoms with Crippen LogP contribution in [0.3, 0.4) is 0 Å². The standard InChI is InChI=1S/C10H18N2O4/c1-2-12(7-8(13)14)9(15)10(11)3-5-16-6-4-10/h2-7,11H2,1H3,(H,13,14). The molecule has 1 amide bonds. The van der Waals surface area contributed by atoms with E-state index in [4.69, 9.17) is 15.6 Å². The van der Waals surface area contributed by atoms with Gasteiger partial charge < -0.3 is 20.5 Å². The molecule has 1 heterocycles. The highest BCUT2D eigenvalue weighted by Gasteiger charge is 2.38. The second-order valence-electron chi connectivity index (χ2n) is 3.98. The lowest BCUT2D eigenvalue weighted by molar-refractivity contribution is -0.148. The Balaban J connectivity index is 2.68. The smallest absolute Gasteiger partial charge is 0.323 e. The Bertz CT molecular complexity index is 274. The number of carbonyl (C=O) groups excluding carboxylic acids is 1. The van der Waals surface area contributed by atoms with Crippen molar-refractivity contribution in [3.05, 3.63) is 0 Å². The molecule has 0 aliphatic carbocycles. The van der Waals surface area contributed by atoms with Crippen molar-refractivity contribution >= 4 is 11.9 Å². The molecule has 0 aromatic rings. The summed E-state index contributed by atoms with van der Waals surface area (Å²) in [6.07, 6.45) is 0.893. The lowest BCUT2D eigenvalue weighted by Crippen LogP contribution is -2.58. The number of rotatable bonds is 4. The molecular weight excluding hydrogens is 212 g/mol. The van der Waals surface area contributed by atoms with Crippen LogP contribution in [0.4, 0.5) is 0 Å². The third-order valence-corrected chi connectivity index (χ3v) is 2.81. The summed E-state index contributed by atoms with van der Waals surface area (Å²) in [4.78, 5) is 23.9. The fraction of sp³-hybridized carbons (Fsp3) is 0.800. The van der Waals surface area contributed by atoms with Crippen LogP contribution >= 0.6 is 0 Å². The van der Waals surface area contributed by atoms with E-state index in [1.807, 2.05) is 0 Å². The van der Waals surface area contributed by atoms with E-state index in [1.165, 1.54) is 4.90 Å². The second-order valence-corrected chi connectivity index (χ2v) is 3.98. The molecule has 0 spiro atoms. The maximum Gasteiger partial charge on any atom is 0.323 e. The highest BCUT2D eigenvalue weighted by Crippen LogP contribution is 2.20. The van der Waals surface area contributed by atoms with Crippen molar-refractivity contribution in [2.75, 3.05) is 26.3 Å². The topological polar surface area (TPSA) is 92.9 Å². The number of hydrogen-bond acceptors (Lipinski definition) is 4. The third kappa shape index (κ3) is 2.93. The van der Waals surface area contributed by atoms with Gasteiger partial charge in [0.05, 0.1) is 5.54 Å². The summed E-state index contributed by atoms with van der Waals surface area (Å²) in [5, 5.41) is 8.69. The fourth-order valence-electron chi connectivity index (χ4n) is 1.75. The number of ether oxygens (including phenoxy) is 1. The maximum atomic E-state index is 12.1. The van der Waals surface area contributed by atoms with Gasteiger partial charge in [-0.25, -0.2) is 0 Å². The Morgan fingerprint density at radius 2 is 2.00 bits per heavy atom. The van der Waals surface area contributed by atoms with Crippen LogP contribution in [0, 0.1) is 0 Å². The van der Waals surface area contributed by atoms with Gasteiger partial charge in [-0.15, -0.1) is 0 Å². The van der Waals surface area contributed by atoms with Crippen LogP contribution in [0.5, 0.6) is 0 Å². The van der Waals surface area contributed by atoms with Crippen molar-refractivity contribution in [1.82, 2.24) is 4.90 Å². The van der Waals surface area contributed by atoms with E-state index in [0.29, 0.717) is 32.6 Å². The number of nitrogens with zero attached hydrogens (tertiary/aromatic N) is 1. The molecule has 0 saturated carbocycles. The molecule has 3 N–H and O–H groups in total. The van der Waals surface area contributed by atoms with Gasteiger partial charge in [0.25, 0.3) is 0 Å². The average Bonchev–Trinajstić information content (AvgIpc) is 2.25. The minimum Gasteiger partial charge on any atom is -0.480 e. The number of nitrogens with two attached hydrogens (primary N) is 1. The molecule has 0 aromatic carbocycles. The first-order valence-electron chi connectivity index (χ1n) is 5.37. The Hall–Kier alpha value is -1.14. The molecule has 0 bridgehead atoms. The van der Waals surface area contributed by atoms with Crippen molar-refractivity contribution in [2.24, 2.45) is 5.73 Å². The van der Waals surface area contributed by atoms with Gasteiger partial charge in [-0.3, -0.25) is 9.59 Å². The summed E-state index contributed by atoms with van der Waals surface area (Å²) < 4.78 is 5.14. The van der Waals surface area contributed by atoms with Crippen molar-refractivity contribution in [1.29, 1.82) is 0 Å². The first-order chi connectivity index (χ1) is 7.49. The molecular formula is C10H18N2O4. The summed E-state index contributed by atoms with van der Waals surface area (Å²) in [5.74, 6) is -1.31. The third-order valence-electron chi connectivity index (χ3n) is 2.81. The zero-order valence-corrected chi connectivity index (χ0v) is 9.44. The summed E-state index contributed by atoms with van der Waals surface area (Å²) in [7, 11) is 0. The van der Waals surface area contributed by atoms with Crippen molar-refractivity contribution in [3.8, 4) is 0 Å². The first-order valence-corrected chi connectivity index (χ1v) is 5.37. The molecule has 1 fully saturated rings. The van der Waals surface area contributed by atoms with Crippen LogP contribution in [-0.4, -0.2) is 53.7 Å². The summed E-state index contributed by atoms with van der Waals surface area (Å²) in [5.41, 5.74) is 5.04. The van der Waals surface area contributed by atoms with Gasteiger partial charge in [0.2, 0.25) is 5.91 Å². The van der Waals surface area contributed by atoms with Crippen LogP contribution in [0.15, 0.2) is 0 Å². The van der Waals surface area contributed by atoms with Gasteiger partial charge in [-0.2, -0.15) is 0 Å². The lowest BCUT2D eigenvalue weighted by atomic mass is 9.89. The number of amides is 1. The number of carboxylic acids is 1. The summed E-state index contributed by atoms with van der Waals surface area (Å²) >= 11 is 0. The number of aliphatic carboxylic acids is 1. The zero-order chi connectivity index (χ0) is 12.2. The molecule has 0 atom stereocenters. The number of carboxylic acid groups (broad SMARTS) is 1. The highest BCUT2D eigenvalue weighted by atomic mass is 16.5. The normalized spacial score (nSPS) is 19.1. The Morgan fingerprint density at radius 3 is 2.44 bits per heavy atom. The van der Waals surface area contributed by atoms with Gasteiger partial charge in [0.1, 0.15) is 6.54 Å². The van der Waals surface area contributed by atoms with Crippen molar-refractivity contribution < 1.29 is 19.4 Å². The summed E-state index contributed by atoms with van der Waals surface area (Å²) in [6, 6.07) is 0. The minimum atomic E-state index is -1.02. The molecule has 1 aliphatic heterocycles. The van der Waals surface area contributed by atoms with E-state index in [0.717, 1.165) is 0 Å². The number of hydrogen-bond donors (Lipinski definition) is 2. The van der Waals surface area contributed by atoms with Crippen LogP contribution in [0.1, 0.15) is 19.8 Å². The molecule has 1 aliphatic rings. The molecule has 0 aromatic heterocycles. The quantitative estimate of drug-likeness (QED) is 0.674. The van der Waals surface area contributed by atoms with Crippen molar-refractivity contribution in [3.63, 3.8) is 0 Å². The van der Waals surface area contributed by atoms with E-state index >= 15 is 0 Å². The van der Waals surface area contributed by atoms with E-state index in [1.54, 1.807) is 6.92 Å². The minimum absolute atomic E-state index is 0.291. The summed E-state index contributed by atoms with van der Waals surface area (Å²) in [6.45, 7) is 2.70. The average molecular weight is 230 g/mol. The number of likely N-dealkylation sites (N-methyl/N-ethyl adjacent to an activating group) is 1. The zero-order valence-electron chi connectivity index (χ0n) is 9.44. The van der Waals surface area contributed by atoms with Crippen LogP contribution in [0.25, 0.3) is 0 Å². The maximum absolute atomic E-state index is 12.1. The van der Waals surface area contributed by atoms with Crippen LogP contribution in [0.2, 0.25) is 0 Å². The molecule has 6 nitrogen and oxygen atoms in total. The Morgan fingerprint density at radius 1 is 1.44 bits per heavy atom. The SMILES string of the molecule is CCN(CC(=O)O)C(=O)C1(N)CCOCC1. The largest absolute Gasteiger partial charge is 0.480 e. The highest BCUT2D eigenvalue weighted by molar-refractivity contribution is 5.88. The first kappa shape index (κ1) is 12.9. The molecule has 0 unspecified atom stereocenters. The van der Waals surface area contributed by atoms with E-state index < -0.39 is 11.5 Å². The Labute approximate surface area is 94.3 Å². The van der Waals surface area contributed by atoms with Gasteiger partial charge >= 0.3 is 5.97 Å². The fourth-order valence-corrected chi connectivity index (χ4v) is 1.75. The van der Waals surface area contributed by atoms with Gasteiger partial charge in [0, 0.05) is 19.8 Å². The molecule has 1 saturated heterocycles. The van der Waals surface area contributed by atoms with Gasteiger partial charge in [-0.1, -0.05) is 0 Å². The molecule has 6 heteroatoms. The predicted molar refractivity (Wildman–Crippen MR) is 56.9 cm³/mol. The van der Waals surface area contributed by atoms with Gasteiger partial charge in [0.15, 0.2) is 0 Å². The molecule has 92 valence electrons. The Kier molecular flexibility index (Phi) is 4.26. The van der Waals surface area contributed by atoms with E-state index in [-0.39, 0.29) is 12.5 Å². The van der Waals surface area contributed by atoms with Crippen LogP contribution < -0.4 is 5.73 Å².